The standard InChI is InChI=1S/C28H35NO6/c1-4-34-27(30)18-35-23-7-5-6-20(13-23)17-29-10-8-19(9-11-29)12-22-14-21-15-25(32-2)26(33-3)16-24(21)28(22)31/h5-7,13,15-16,19,22H,4,8-12,14,17-18H2,1-3H3. The maximum absolute atomic E-state index is 13.1. The van der Waals surface area contributed by atoms with E-state index in [9.17, 15) is 9.59 Å². The van der Waals surface area contributed by atoms with Crippen LogP contribution in [0.15, 0.2) is 36.4 Å². The van der Waals surface area contributed by atoms with E-state index in [1.165, 1.54) is 0 Å². The molecule has 1 aliphatic heterocycles. The molecule has 2 aromatic carbocycles. The van der Waals surface area contributed by atoms with Gasteiger partial charge >= 0.3 is 5.97 Å². The highest BCUT2D eigenvalue weighted by atomic mass is 16.6. The van der Waals surface area contributed by atoms with Crippen LogP contribution in [0.2, 0.25) is 0 Å². The lowest BCUT2D eigenvalue weighted by atomic mass is 9.85. The number of hydrogen-bond donors (Lipinski definition) is 0. The van der Waals surface area contributed by atoms with Crippen molar-refractivity contribution in [2.75, 3.05) is 40.5 Å². The van der Waals surface area contributed by atoms with Crippen molar-refractivity contribution < 1.29 is 28.5 Å². The lowest BCUT2D eigenvalue weighted by molar-refractivity contribution is -0.145. The number of fused-ring (bicyclic) bond motifs is 1. The minimum Gasteiger partial charge on any atom is -0.493 e. The average Bonchev–Trinajstić information content (AvgIpc) is 3.17. The van der Waals surface area contributed by atoms with Gasteiger partial charge in [-0.2, -0.15) is 0 Å². The predicted molar refractivity (Wildman–Crippen MR) is 132 cm³/mol. The van der Waals surface area contributed by atoms with Crippen LogP contribution in [0.5, 0.6) is 17.2 Å². The Hall–Kier alpha value is -3.06. The van der Waals surface area contributed by atoms with Gasteiger partial charge in [-0.3, -0.25) is 9.69 Å². The van der Waals surface area contributed by atoms with E-state index >= 15 is 0 Å². The molecule has 1 aliphatic carbocycles. The number of carbonyl (C=O) groups is 2. The van der Waals surface area contributed by atoms with Gasteiger partial charge in [-0.05, 0) is 87.0 Å². The summed E-state index contributed by atoms with van der Waals surface area (Å²) in [6.07, 6.45) is 3.90. The molecule has 2 aromatic rings. The Morgan fingerprint density at radius 3 is 2.51 bits per heavy atom. The number of nitrogens with zero attached hydrogens (tertiary/aromatic N) is 1. The van der Waals surface area contributed by atoms with Gasteiger partial charge in [-0.25, -0.2) is 4.79 Å². The van der Waals surface area contributed by atoms with Crippen LogP contribution in [0.4, 0.5) is 0 Å². The van der Waals surface area contributed by atoms with Gasteiger partial charge in [0.2, 0.25) is 0 Å². The lowest BCUT2D eigenvalue weighted by Gasteiger charge is -2.33. The van der Waals surface area contributed by atoms with Gasteiger partial charge in [0.05, 0.1) is 20.8 Å². The second-order valence-corrected chi connectivity index (χ2v) is 9.33. The van der Waals surface area contributed by atoms with Crippen LogP contribution in [0.25, 0.3) is 0 Å². The Kier molecular flexibility index (Phi) is 8.29. The average molecular weight is 482 g/mol. The third-order valence-corrected chi connectivity index (χ3v) is 7.00. The predicted octanol–water partition coefficient (Wildman–Crippen LogP) is 4.30. The first-order chi connectivity index (χ1) is 17.0. The number of ether oxygens (including phenoxy) is 4. The lowest BCUT2D eigenvalue weighted by Crippen LogP contribution is -2.34. The molecule has 0 N–H and O–H groups in total. The van der Waals surface area contributed by atoms with Crippen molar-refractivity contribution in [3.8, 4) is 17.2 Å². The second kappa shape index (κ2) is 11.6. The summed E-state index contributed by atoms with van der Waals surface area (Å²) in [4.78, 5) is 27.0. The van der Waals surface area contributed by atoms with Crippen molar-refractivity contribution in [3.63, 3.8) is 0 Å². The molecule has 1 fully saturated rings. The van der Waals surface area contributed by atoms with E-state index in [0.717, 1.165) is 62.0 Å². The summed E-state index contributed by atoms with van der Waals surface area (Å²) in [6.45, 7) is 4.91. The van der Waals surface area contributed by atoms with E-state index in [0.29, 0.717) is 29.8 Å². The molecule has 0 radical (unpaired) electrons. The van der Waals surface area contributed by atoms with Crippen molar-refractivity contribution in [1.82, 2.24) is 4.90 Å². The van der Waals surface area contributed by atoms with Crippen molar-refractivity contribution in [2.24, 2.45) is 11.8 Å². The quantitative estimate of drug-likeness (QED) is 0.468. The molecule has 0 amide bonds. The first-order valence-electron chi connectivity index (χ1n) is 12.4. The normalized spacial score (nSPS) is 18.3. The molecule has 1 atom stereocenters. The Morgan fingerprint density at radius 2 is 1.80 bits per heavy atom. The largest absolute Gasteiger partial charge is 0.493 e. The summed E-state index contributed by atoms with van der Waals surface area (Å²) in [6, 6.07) is 11.7. The molecular weight excluding hydrogens is 446 g/mol. The van der Waals surface area contributed by atoms with Crippen LogP contribution in [-0.4, -0.2) is 57.2 Å². The molecule has 35 heavy (non-hydrogen) atoms. The second-order valence-electron chi connectivity index (χ2n) is 9.33. The van der Waals surface area contributed by atoms with Crippen LogP contribution in [0.3, 0.4) is 0 Å². The summed E-state index contributed by atoms with van der Waals surface area (Å²) in [7, 11) is 3.22. The number of hydrogen-bond acceptors (Lipinski definition) is 7. The molecule has 0 spiro atoms. The summed E-state index contributed by atoms with van der Waals surface area (Å²) in [5, 5.41) is 0. The van der Waals surface area contributed by atoms with Gasteiger partial charge < -0.3 is 18.9 Å². The Labute approximate surface area is 207 Å². The zero-order valence-corrected chi connectivity index (χ0v) is 20.9. The van der Waals surface area contributed by atoms with E-state index < -0.39 is 0 Å². The summed E-state index contributed by atoms with van der Waals surface area (Å²) in [5.41, 5.74) is 3.02. The first kappa shape index (κ1) is 25.0. The van der Waals surface area contributed by atoms with Crippen LogP contribution < -0.4 is 14.2 Å². The van der Waals surface area contributed by atoms with Crippen LogP contribution >= 0.6 is 0 Å². The number of likely N-dealkylation sites (tertiary alicyclic amines) is 1. The van der Waals surface area contributed by atoms with Gasteiger partial charge in [0.25, 0.3) is 0 Å². The molecule has 1 heterocycles. The minimum atomic E-state index is -0.359. The number of piperidine rings is 1. The topological polar surface area (TPSA) is 74.3 Å². The molecule has 0 bridgehead atoms. The monoisotopic (exact) mass is 481 g/mol. The zero-order valence-electron chi connectivity index (χ0n) is 20.9. The fourth-order valence-electron chi connectivity index (χ4n) is 5.21. The third-order valence-electron chi connectivity index (χ3n) is 7.00. The number of benzene rings is 2. The van der Waals surface area contributed by atoms with Gasteiger partial charge in [0.1, 0.15) is 5.75 Å². The number of methoxy groups -OCH3 is 2. The maximum Gasteiger partial charge on any atom is 0.344 e. The third kappa shape index (κ3) is 6.14. The smallest absolute Gasteiger partial charge is 0.344 e. The molecule has 188 valence electrons. The summed E-state index contributed by atoms with van der Waals surface area (Å²) >= 11 is 0. The Bertz CT molecular complexity index is 1040. The van der Waals surface area contributed by atoms with Crippen molar-refractivity contribution in [1.29, 1.82) is 0 Å². The van der Waals surface area contributed by atoms with Gasteiger partial charge in [0.15, 0.2) is 23.9 Å². The van der Waals surface area contributed by atoms with E-state index in [1.807, 2.05) is 30.3 Å². The van der Waals surface area contributed by atoms with Gasteiger partial charge in [-0.15, -0.1) is 0 Å². The first-order valence-corrected chi connectivity index (χ1v) is 12.4. The molecular formula is C28H35NO6. The SMILES string of the molecule is CCOC(=O)COc1cccc(CN2CCC(CC3Cc4cc(OC)c(OC)cc4C3=O)CC2)c1. The fourth-order valence-corrected chi connectivity index (χ4v) is 5.21. The van der Waals surface area contributed by atoms with Gasteiger partial charge in [0, 0.05) is 18.0 Å². The summed E-state index contributed by atoms with van der Waals surface area (Å²) < 4.78 is 21.3. The minimum absolute atomic E-state index is 0.0478. The Balaban J connectivity index is 1.26. The number of esters is 1. The zero-order chi connectivity index (χ0) is 24.8. The molecule has 2 aliphatic rings. The number of Topliss-reactive ketones (excluding diaryl/α,β-unsaturated/α-hetero) is 1. The fraction of sp³-hybridized carbons (Fsp3) is 0.500. The van der Waals surface area contributed by atoms with Crippen molar-refractivity contribution in [2.45, 2.75) is 39.2 Å². The van der Waals surface area contributed by atoms with Crippen molar-refractivity contribution >= 4 is 11.8 Å². The Morgan fingerprint density at radius 1 is 1.06 bits per heavy atom. The van der Waals surface area contributed by atoms with Crippen LogP contribution in [0, 0.1) is 11.8 Å². The maximum atomic E-state index is 13.1. The molecule has 1 saturated heterocycles. The van der Waals surface area contributed by atoms with E-state index in [1.54, 1.807) is 21.1 Å². The number of carbonyl (C=O) groups excluding carboxylic acids is 2. The van der Waals surface area contributed by atoms with Crippen LogP contribution in [0.1, 0.15) is 47.7 Å². The van der Waals surface area contributed by atoms with E-state index in [4.69, 9.17) is 18.9 Å². The molecule has 7 nitrogen and oxygen atoms in total. The highest BCUT2D eigenvalue weighted by Gasteiger charge is 2.34. The summed E-state index contributed by atoms with van der Waals surface area (Å²) in [5.74, 6) is 2.46. The van der Waals surface area contributed by atoms with Gasteiger partial charge in [-0.1, -0.05) is 12.1 Å². The highest BCUT2D eigenvalue weighted by Crippen LogP contribution is 2.39. The van der Waals surface area contributed by atoms with E-state index in [2.05, 4.69) is 11.0 Å². The number of rotatable bonds is 10. The van der Waals surface area contributed by atoms with E-state index in [-0.39, 0.29) is 24.3 Å². The number of ketones is 1. The highest BCUT2D eigenvalue weighted by molar-refractivity contribution is 6.02. The van der Waals surface area contributed by atoms with Crippen LogP contribution in [-0.2, 0) is 22.5 Å². The molecule has 0 saturated carbocycles. The molecule has 0 aromatic heterocycles. The molecule has 4 rings (SSSR count). The molecule has 7 heteroatoms. The molecule has 1 unspecified atom stereocenters. The van der Waals surface area contributed by atoms with Crippen molar-refractivity contribution in [3.05, 3.63) is 53.1 Å².